The Kier molecular flexibility index (Phi) is 4.18. The summed E-state index contributed by atoms with van der Waals surface area (Å²) in [5.74, 6) is -0.138. The van der Waals surface area contributed by atoms with Crippen LogP contribution < -0.4 is 11.1 Å². The number of nitrogen functional groups attached to an aromatic ring is 1. The van der Waals surface area contributed by atoms with Crippen molar-refractivity contribution in [3.8, 4) is 6.07 Å². The van der Waals surface area contributed by atoms with E-state index in [2.05, 4.69) is 16.4 Å². The molecule has 0 aliphatic rings. The summed E-state index contributed by atoms with van der Waals surface area (Å²) in [4.78, 5) is 15.8. The molecule has 0 aliphatic carbocycles. The zero-order chi connectivity index (χ0) is 14.5. The molecule has 1 aromatic carbocycles. The van der Waals surface area contributed by atoms with E-state index in [1.165, 1.54) is 12.1 Å². The molecule has 0 saturated carbocycles. The Hall–Kier alpha value is -2.58. The Balaban J connectivity index is 2.13. The molecule has 0 bridgehead atoms. The number of pyridine rings is 1. The number of anilines is 2. The third kappa shape index (κ3) is 3.46. The number of halogens is 1. The first-order valence-electron chi connectivity index (χ1n) is 5.79. The Labute approximate surface area is 121 Å². The summed E-state index contributed by atoms with van der Waals surface area (Å²) in [6, 6.07) is 12.0. The van der Waals surface area contributed by atoms with E-state index in [0.717, 1.165) is 5.56 Å². The summed E-state index contributed by atoms with van der Waals surface area (Å²) < 4.78 is 0. The largest absolute Gasteiger partial charge is 0.384 e. The third-order valence-corrected chi connectivity index (χ3v) is 2.76. The van der Waals surface area contributed by atoms with Crippen molar-refractivity contribution in [2.45, 2.75) is 6.42 Å². The van der Waals surface area contributed by atoms with Crippen LogP contribution in [0.1, 0.15) is 15.9 Å². The normalized spacial score (nSPS) is 9.80. The molecule has 0 fully saturated rings. The molecule has 0 atom stereocenters. The van der Waals surface area contributed by atoms with Crippen LogP contribution in [-0.2, 0) is 6.42 Å². The number of aromatic nitrogens is 1. The van der Waals surface area contributed by atoms with Gasteiger partial charge in [-0.3, -0.25) is 4.79 Å². The number of amides is 1. The number of carbonyl (C=O) groups is 1. The molecule has 5 nitrogen and oxygen atoms in total. The van der Waals surface area contributed by atoms with Crippen molar-refractivity contribution < 1.29 is 4.79 Å². The van der Waals surface area contributed by atoms with E-state index < -0.39 is 0 Å². The number of benzene rings is 1. The lowest BCUT2D eigenvalue weighted by Gasteiger charge is -2.06. The van der Waals surface area contributed by atoms with Crippen molar-refractivity contribution in [3.63, 3.8) is 0 Å². The molecule has 2 rings (SSSR count). The molecular weight excluding hydrogens is 276 g/mol. The van der Waals surface area contributed by atoms with Crippen molar-refractivity contribution in [2.24, 2.45) is 0 Å². The molecule has 1 amide bonds. The van der Waals surface area contributed by atoms with Crippen LogP contribution in [0.15, 0.2) is 36.4 Å². The molecule has 0 spiro atoms. The van der Waals surface area contributed by atoms with E-state index in [9.17, 15) is 4.79 Å². The Morgan fingerprint density at radius 2 is 2.05 bits per heavy atom. The van der Waals surface area contributed by atoms with Gasteiger partial charge in [-0.05, 0) is 29.8 Å². The second-order valence-electron chi connectivity index (χ2n) is 4.09. The molecule has 2 aromatic rings. The second-order valence-corrected chi connectivity index (χ2v) is 4.48. The van der Waals surface area contributed by atoms with Crippen molar-refractivity contribution in [1.29, 1.82) is 5.26 Å². The maximum atomic E-state index is 12.0. The maximum absolute atomic E-state index is 12.0. The van der Waals surface area contributed by atoms with Crippen LogP contribution in [0, 0.1) is 11.3 Å². The van der Waals surface area contributed by atoms with Gasteiger partial charge in [-0.25, -0.2) is 4.98 Å². The van der Waals surface area contributed by atoms with E-state index in [-0.39, 0.29) is 16.9 Å². The zero-order valence-corrected chi connectivity index (χ0v) is 11.2. The van der Waals surface area contributed by atoms with Crippen LogP contribution in [0.25, 0.3) is 0 Å². The van der Waals surface area contributed by atoms with Gasteiger partial charge >= 0.3 is 0 Å². The van der Waals surface area contributed by atoms with Gasteiger partial charge in [-0.1, -0.05) is 23.7 Å². The van der Waals surface area contributed by atoms with Gasteiger partial charge < -0.3 is 11.1 Å². The van der Waals surface area contributed by atoms with Gasteiger partial charge in [0, 0.05) is 11.3 Å². The summed E-state index contributed by atoms with van der Waals surface area (Å²) in [6.45, 7) is 0. The standard InChI is InChI=1S/C14H11ClN4O/c15-12-7-10(8-13(17)19-12)14(20)18-11-3-1-9(2-4-11)5-6-16/h1-4,7-8H,5H2,(H2,17,19)(H,18,20). The highest BCUT2D eigenvalue weighted by atomic mass is 35.5. The number of hydrogen-bond donors (Lipinski definition) is 2. The molecule has 0 unspecified atom stereocenters. The first-order valence-corrected chi connectivity index (χ1v) is 6.16. The molecule has 1 heterocycles. The molecule has 20 heavy (non-hydrogen) atoms. The predicted octanol–water partition coefficient (Wildman–Crippen LogP) is 2.64. The number of hydrogen-bond acceptors (Lipinski definition) is 4. The minimum atomic E-state index is -0.325. The van der Waals surface area contributed by atoms with E-state index in [4.69, 9.17) is 22.6 Å². The van der Waals surface area contributed by atoms with Gasteiger partial charge in [-0.15, -0.1) is 0 Å². The molecule has 0 radical (unpaired) electrons. The van der Waals surface area contributed by atoms with Gasteiger partial charge in [0.1, 0.15) is 11.0 Å². The van der Waals surface area contributed by atoms with Crippen LogP contribution >= 0.6 is 11.6 Å². The molecule has 6 heteroatoms. The smallest absolute Gasteiger partial charge is 0.255 e. The van der Waals surface area contributed by atoms with E-state index >= 15 is 0 Å². The maximum Gasteiger partial charge on any atom is 0.255 e. The monoisotopic (exact) mass is 286 g/mol. The molecule has 1 aromatic heterocycles. The lowest BCUT2D eigenvalue weighted by atomic mass is 10.1. The SMILES string of the molecule is N#CCc1ccc(NC(=O)c2cc(N)nc(Cl)c2)cc1. The van der Waals surface area contributed by atoms with Crippen LogP contribution in [0.3, 0.4) is 0 Å². The van der Waals surface area contributed by atoms with Crippen LogP contribution in [0.4, 0.5) is 11.5 Å². The zero-order valence-electron chi connectivity index (χ0n) is 10.4. The molecule has 0 aliphatic heterocycles. The minimum absolute atomic E-state index is 0.166. The fourth-order valence-corrected chi connectivity index (χ4v) is 1.86. The number of nitrogens with one attached hydrogen (secondary N) is 1. The average molecular weight is 287 g/mol. The van der Waals surface area contributed by atoms with Crippen molar-refractivity contribution >= 4 is 29.0 Å². The Bertz CT molecular complexity index is 656. The number of nitriles is 1. The number of nitrogens with zero attached hydrogens (tertiary/aromatic N) is 2. The van der Waals surface area contributed by atoms with Crippen molar-refractivity contribution in [2.75, 3.05) is 11.1 Å². The van der Waals surface area contributed by atoms with E-state index in [1.807, 2.05) is 0 Å². The fraction of sp³-hybridized carbons (Fsp3) is 0.0714. The average Bonchev–Trinajstić information content (AvgIpc) is 2.40. The predicted molar refractivity (Wildman–Crippen MR) is 77.4 cm³/mol. The van der Waals surface area contributed by atoms with Crippen molar-refractivity contribution in [3.05, 3.63) is 52.7 Å². The van der Waals surface area contributed by atoms with Gasteiger partial charge in [0.15, 0.2) is 0 Å². The highest BCUT2D eigenvalue weighted by Crippen LogP contribution is 2.15. The van der Waals surface area contributed by atoms with Gasteiger partial charge in [-0.2, -0.15) is 5.26 Å². The lowest BCUT2D eigenvalue weighted by molar-refractivity contribution is 0.102. The van der Waals surface area contributed by atoms with E-state index in [0.29, 0.717) is 17.7 Å². The van der Waals surface area contributed by atoms with Gasteiger partial charge in [0.2, 0.25) is 0 Å². The van der Waals surface area contributed by atoms with Gasteiger partial charge in [0.25, 0.3) is 5.91 Å². The summed E-state index contributed by atoms with van der Waals surface area (Å²) in [5, 5.41) is 11.5. The third-order valence-electron chi connectivity index (χ3n) is 2.57. The molecule has 0 saturated heterocycles. The summed E-state index contributed by atoms with van der Waals surface area (Å²) in [6.07, 6.45) is 0.338. The van der Waals surface area contributed by atoms with Crippen molar-refractivity contribution in [1.82, 2.24) is 4.98 Å². The van der Waals surface area contributed by atoms with Crippen LogP contribution in [-0.4, -0.2) is 10.9 Å². The number of rotatable bonds is 3. The van der Waals surface area contributed by atoms with Crippen LogP contribution in [0.5, 0.6) is 0 Å². The quantitative estimate of drug-likeness (QED) is 0.848. The summed E-state index contributed by atoms with van der Waals surface area (Å²) >= 11 is 5.75. The highest BCUT2D eigenvalue weighted by molar-refractivity contribution is 6.30. The highest BCUT2D eigenvalue weighted by Gasteiger charge is 2.08. The molecular formula is C14H11ClN4O. The summed E-state index contributed by atoms with van der Waals surface area (Å²) in [7, 11) is 0. The topological polar surface area (TPSA) is 91.8 Å². The first-order chi connectivity index (χ1) is 9.58. The minimum Gasteiger partial charge on any atom is -0.384 e. The summed E-state index contributed by atoms with van der Waals surface area (Å²) in [5.41, 5.74) is 7.39. The molecule has 3 N–H and O–H groups in total. The van der Waals surface area contributed by atoms with Gasteiger partial charge in [0.05, 0.1) is 12.5 Å². The number of carbonyl (C=O) groups excluding carboxylic acids is 1. The fourth-order valence-electron chi connectivity index (χ4n) is 1.65. The first kappa shape index (κ1) is 13.8. The Morgan fingerprint density at radius 3 is 2.65 bits per heavy atom. The second kappa shape index (κ2) is 6.04. The number of nitrogens with two attached hydrogens (primary N) is 1. The molecule has 100 valence electrons. The lowest BCUT2D eigenvalue weighted by Crippen LogP contribution is -2.12. The Morgan fingerprint density at radius 1 is 1.35 bits per heavy atom. The van der Waals surface area contributed by atoms with E-state index in [1.54, 1.807) is 24.3 Å². The van der Waals surface area contributed by atoms with Crippen LogP contribution in [0.2, 0.25) is 5.15 Å².